The SMILES string of the molecule is NCc1ccc(COc2ccc(F)c(F)c2)c(Br)c1. The van der Waals surface area contributed by atoms with Gasteiger partial charge in [0.1, 0.15) is 12.4 Å². The van der Waals surface area contributed by atoms with Crippen molar-refractivity contribution >= 4 is 15.9 Å². The van der Waals surface area contributed by atoms with Crippen molar-refractivity contribution in [3.63, 3.8) is 0 Å². The number of benzene rings is 2. The average molecular weight is 328 g/mol. The normalized spacial score (nSPS) is 10.5. The van der Waals surface area contributed by atoms with Crippen LogP contribution in [0.15, 0.2) is 40.9 Å². The quantitative estimate of drug-likeness (QED) is 0.927. The third-order valence-corrected chi connectivity index (χ3v) is 3.38. The van der Waals surface area contributed by atoms with E-state index in [2.05, 4.69) is 15.9 Å². The molecule has 100 valence electrons. The molecule has 0 bridgehead atoms. The molecular weight excluding hydrogens is 316 g/mol. The highest BCUT2D eigenvalue weighted by Gasteiger charge is 2.05. The molecule has 0 heterocycles. The van der Waals surface area contributed by atoms with Crippen molar-refractivity contribution in [3.8, 4) is 5.75 Å². The van der Waals surface area contributed by atoms with Gasteiger partial charge in [-0.05, 0) is 23.8 Å². The predicted molar refractivity (Wildman–Crippen MR) is 72.7 cm³/mol. The number of ether oxygens (including phenoxy) is 1. The molecule has 0 aromatic heterocycles. The van der Waals surface area contributed by atoms with Crippen molar-refractivity contribution in [2.45, 2.75) is 13.2 Å². The van der Waals surface area contributed by atoms with E-state index in [1.807, 2.05) is 18.2 Å². The maximum absolute atomic E-state index is 13.0. The monoisotopic (exact) mass is 327 g/mol. The summed E-state index contributed by atoms with van der Waals surface area (Å²) in [6.45, 7) is 0.722. The first-order chi connectivity index (χ1) is 9.10. The Morgan fingerprint density at radius 1 is 1.05 bits per heavy atom. The molecule has 0 unspecified atom stereocenters. The van der Waals surface area contributed by atoms with Crippen molar-refractivity contribution in [1.82, 2.24) is 0 Å². The van der Waals surface area contributed by atoms with Crippen LogP contribution in [0, 0.1) is 11.6 Å². The summed E-state index contributed by atoms with van der Waals surface area (Å²) in [5, 5.41) is 0. The number of hydrogen-bond donors (Lipinski definition) is 1. The Balaban J connectivity index is 2.07. The Kier molecular flexibility index (Phi) is 4.50. The van der Waals surface area contributed by atoms with Crippen LogP contribution >= 0.6 is 15.9 Å². The number of nitrogens with two attached hydrogens (primary N) is 1. The molecule has 2 aromatic carbocycles. The first kappa shape index (κ1) is 14.0. The molecule has 2 aromatic rings. The summed E-state index contributed by atoms with van der Waals surface area (Å²) in [4.78, 5) is 0. The molecular formula is C14H12BrF2NO. The van der Waals surface area contributed by atoms with E-state index in [1.54, 1.807) is 0 Å². The van der Waals surface area contributed by atoms with Crippen LogP contribution in [-0.2, 0) is 13.2 Å². The minimum absolute atomic E-state index is 0.260. The van der Waals surface area contributed by atoms with E-state index in [0.717, 1.165) is 27.7 Å². The zero-order valence-electron chi connectivity index (χ0n) is 10.00. The maximum Gasteiger partial charge on any atom is 0.162 e. The molecule has 0 fully saturated rings. The lowest BCUT2D eigenvalue weighted by Crippen LogP contribution is -2.00. The minimum Gasteiger partial charge on any atom is -0.489 e. The highest BCUT2D eigenvalue weighted by molar-refractivity contribution is 9.10. The van der Waals surface area contributed by atoms with Crippen LogP contribution < -0.4 is 10.5 Å². The van der Waals surface area contributed by atoms with Crippen molar-refractivity contribution in [3.05, 3.63) is 63.6 Å². The summed E-state index contributed by atoms with van der Waals surface area (Å²) in [6, 6.07) is 9.14. The van der Waals surface area contributed by atoms with Gasteiger partial charge in [-0.25, -0.2) is 8.78 Å². The fourth-order valence-corrected chi connectivity index (χ4v) is 2.10. The second-order valence-electron chi connectivity index (χ2n) is 3.99. The van der Waals surface area contributed by atoms with Gasteiger partial charge in [0.15, 0.2) is 11.6 Å². The minimum atomic E-state index is -0.921. The molecule has 0 saturated heterocycles. The molecule has 2 N–H and O–H groups in total. The van der Waals surface area contributed by atoms with Gasteiger partial charge in [-0.2, -0.15) is 0 Å². The van der Waals surface area contributed by atoms with E-state index in [0.29, 0.717) is 6.54 Å². The summed E-state index contributed by atoms with van der Waals surface area (Å²) < 4.78 is 32.1. The highest BCUT2D eigenvalue weighted by Crippen LogP contribution is 2.22. The van der Waals surface area contributed by atoms with E-state index in [4.69, 9.17) is 10.5 Å². The topological polar surface area (TPSA) is 35.2 Å². The average Bonchev–Trinajstić information content (AvgIpc) is 2.41. The Labute approximate surface area is 118 Å². The van der Waals surface area contributed by atoms with Crippen LogP contribution in [0.3, 0.4) is 0 Å². The van der Waals surface area contributed by atoms with Crippen LogP contribution in [-0.4, -0.2) is 0 Å². The molecule has 0 saturated carbocycles. The Bertz CT molecular complexity index is 590. The van der Waals surface area contributed by atoms with Gasteiger partial charge in [0.05, 0.1) is 0 Å². The zero-order valence-corrected chi connectivity index (χ0v) is 11.6. The molecule has 2 rings (SSSR count). The molecule has 0 aliphatic carbocycles. The molecule has 0 atom stereocenters. The molecule has 2 nitrogen and oxygen atoms in total. The second-order valence-corrected chi connectivity index (χ2v) is 4.85. The van der Waals surface area contributed by atoms with Gasteiger partial charge in [-0.15, -0.1) is 0 Å². The van der Waals surface area contributed by atoms with Gasteiger partial charge in [0.2, 0.25) is 0 Å². The van der Waals surface area contributed by atoms with Gasteiger partial charge in [0.25, 0.3) is 0 Å². The van der Waals surface area contributed by atoms with Crippen LogP contribution in [0.1, 0.15) is 11.1 Å². The third kappa shape index (κ3) is 3.52. The van der Waals surface area contributed by atoms with Crippen molar-refractivity contribution in [1.29, 1.82) is 0 Å². The number of hydrogen-bond acceptors (Lipinski definition) is 2. The fraction of sp³-hybridized carbons (Fsp3) is 0.143. The van der Waals surface area contributed by atoms with Gasteiger partial charge in [-0.1, -0.05) is 28.1 Å². The smallest absolute Gasteiger partial charge is 0.162 e. The number of halogens is 3. The van der Waals surface area contributed by atoms with Gasteiger partial charge in [-0.3, -0.25) is 0 Å². The molecule has 0 aliphatic heterocycles. The summed E-state index contributed by atoms with van der Waals surface area (Å²) in [5.41, 5.74) is 7.44. The largest absolute Gasteiger partial charge is 0.489 e. The lowest BCUT2D eigenvalue weighted by atomic mass is 10.1. The summed E-state index contributed by atoms with van der Waals surface area (Å²) >= 11 is 3.42. The third-order valence-electron chi connectivity index (χ3n) is 2.64. The predicted octanol–water partition coefficient (Wildman–Crippen LogP) is 3.77. The summed E-state index contributed by atoms with van der Waals surface area (Å²) in [5.74, 6) is -1.52. The molecule has 0 aliphatic rings. The summed E-state index contributed by atoms with van der Waals surface area (Å²) in [6.07, 6.45) is 0. The van der Waals surface area contributed by atoms with E-state index in [1.165, 1.54) is 6.07 Å². The van der Waals surface area contributed by atoms with Gasteiger partial charge < -0.3 is 10.5 Å². The maximum atomic E-state index is 13.0. The molecule has 5 heteroatoms. The van der Waals surface area contributed by atoms with Crippen molar-refractivity contribution < 1.29 is 13.5 Å². The van der Waals surface area contributed by atoms with Gasteiger partial charge in [0, 0.05) is 22.6 Å². The van der Waals surface area contributed by atoms with Crippen LogP contribution in [0.4, 0.5) is 8.78 Å². The van der Waals surface area contributed by atoms with Gasteiger partial charge >= 0.3 is 0 Å². The highest BCUT2D eigenvalue weighted by atomic mass is 79.9. The van der Waals surface area contributed by atoms with Crippen molar-refractivity contribution in [2.75, 3.05) is 0 Å². The van der Waals surface area contributed by atoms with E-state index in [-0.39, 0.29) is 12.4 Å². The Morgan fingerprint density at radius 3 is 2.47 bits per heavy atom. The summed E-state index contributed by atoms with van der Waals surface area (Å²) in [7, 11) is 0. The molecule has 0 spiro atoms. The lowest BCUT2D eigenvalue weighted by Gasteiger charge is -2.09. The van der Waals surface area contributed by atoms with E-state index in [9.17, 15) is 8.78 Å². The molecule has 0 radical (unpaired) electrons. The van der Waals surface area contributed by atoms with E-state index < -0.39 is 11.6 Å². The first-order valence-electron chi connectivity index (χ1n) is 5.65. The zero-order chi connectivity index (χ0) is 13.8. The first-order valence-corrected chi connectivity index (χ1v) is 6.44. The van der Waals surface area contributed by atoms with Crippen LogP contribution in [0.25, 0.3) is 0 Å². The van der Waals surface area contributed by atoms with Crippen LogP contribution in [0.5, 0.6) is 5.75 Å². The molecule has 19 heavy (non-hydrogen) atoms. The number of rotatable bonds is 4. The lowest BCUT2D eigenvalue weighted by molar-refractivity contribution is 0.302. The Hall–Kier alpha value is -1.46. The standard InChI is InChI=1S/C14H12BrF2NO/c15-12-5-9(7-18)1-2-10(12)8-19-11-3-4-13(16)14(17)6-11/h1-6H,7-8,18H2. The van der Waals surface area contributed by atoms with Crippen molar-refractivity contribution in [2.24, 2.45) is 5.73 Å². The second kappa shape index (κ2) is 6.12. The fourth-order valence-electron chi connectivity index (χ4n) is 1.56. The molecule has 0 amide bonds. The van der Waals surface area contributed by atoms with E-state index >= 15 is 0 Å². The van der Waals surface area contributed by atoms with Crippen LogP contribution in [0.2, 0.25) is 0 Å². The Morgan fingerprint density at radius 2 is 1.84 bits per heavy atom.